The largest absolute Gasteiger partial charge is 0.492 e. The van der Waals surface area contributed by atoms with Crippen LogP contribution in [0.15, 0.2) is 93.8 Å². The van der Waals surface area contributed by atoms with E-state index in [-0.39, 0.29) is 47.2 Å². The van der Waals surface area contributed by atoms with Crippen LogP contribution < -0.4 is 30.4 Å². The fourth-order valence-electron chi connectivity index (χ4n) is 17.4. The van der Waals surface area contributed by atoms with Crippen LogP contribution in [0.25, 0.3) is 33.8 Å². The highest BCUT2D eigenvalue weighted by Gasteiger charge is 2.41. The SMILES string of the molecule is C=C1CC(C)(C)c2cc(-c3cc(S(N)(=O)=O)c(C)n3CC3CCCCC3)cc(C(C)(C)C)c2N1.C=C1CC(C)(C)c2cc(-c3cc(S(N)(=O)=O)c(C)n3CC3CCCCC3)cc(C(C)(C)C)c2N1C.Cc1c(S(N)(=O)=O)cc(-c2cc(C(C)(C)C)c3c(c2)C(C)(C)CO3)n1CC1CCCCC1. The lowest BCUT2D eigenvalue weighted by molar-refractivity contribution is 0.286. The first kappa shape index (κ1) is 77.7. The van der Waals surface area contributed by atoms with E-state index >= 15 is 0 Å². The summed E-state index contributed by atoms with van der Waals surface area (Å²) < 4.78 is 87.7. The first-order valence-corrected chi connectivity index (χ1v) is 42.0. The highest BCUT2D eigenvalue weighted by Crippen LogP contribution is 2.52. The minimum absolute atomic E-state index is 0.0758. The molecule has 15 nitrogen and oxygen atoms in total. The number of anilines is 2. The van der Waals surface area contributed by atoms with Crippen molar-refractivity contribution in [2.75, 3.05) is 23.9 Å². The molecule has 7 N–H and O–H groups in total. The lowest BCUT2D eigenvalue weighted by Crippen LogP contribution is -2.35. The van der Waals surface area contributed by atoms with Gasteiger partial charge in [0.15, 0.2) is 0 Å². The number of aromatic nitrogens is 3. The Bertz CT molecular complexity index is 4480. The number of rotatable bonds is 12. The molecule has 3 saturated carbocycles. The van der Waals surface area contributed by atoms with Gasteiger partial charge in [0, 0.05) is 100 Å². The number of benzene rings is 3. The standard InChI is InChI=1S/C29H43N3O2S.C28H41N3O2S.C26H38N2O3S/c1-19-17-29(6,7)24-15-22(14-23(28(3,4)5)27(24)31(19)8)25-16-26(35(30,33)34)20(2)32(25)18-21-12-10-9-11-13-21;1-18-16-28(6,7)23-14-21(13-22(26(23)30-18)27(3,4)5)24-15-25(34(29,32)33)19(2)31(24)17-20-11-9-8-10-12-20;1-17-23(32(27,29)30)14-22(28(17)15-18-10-8-7-9-11-18)19-12-20(25(2,3)4)24-21(13-19)26(5,6)16-31-24/h14-16,21H,1,9-13,17-18H2,2-8H3,(H2,30,33,34);13-15,20,30H,1,8-12,16-17H2,2-7H3,(H2,29,32,33);12-14,18H,7-11,15-16H2,1-6H3,(H2,27,29,30). The Hall–Kier alpha value is -5.89. The van der Waals surface area contributed by atoms with Crippen LogP contribution in [-0.4, -0.2) is 52.6 Å². The lowest BCUT2D eigenvalue weighted by Gasteiger charge is -2.43. The Morgan fingerprint density at radius 2 is 0.802 bits per heavy atom. The Labute approximate surface area is 608 Å². The molecule has 0 spiro atoms. The predicted octanol–water partition coefficient (Wildman–Crippen LogP) is 18.9. The zero-order chi connectivity index (χ0) is 74.4. The Balaban J connectivity index is 0.000000164. The molecule has 6 heterocycles. The minimum atomic E-state index is -3.82. The number of allylic oxidation sites excluding steroid dienone is 2. The number of nitrogens with two attached hydrogens (primary N) is 3. The number of sulfonamides is 3. The Kier molecular flexibility index (Phi) is 21.7. The van der Waals surface area contributed by atoms with Crippen molar-refractivity contribution in [3.8, 4) is 39.5 Å². The second kappa shape index (κ2) is 28.2. The normalized spacial score (nSPS) is 19.1. The maximum atomic E-state index is 12.5. The second-order valence-corrected chi connectivity index (χ2v) is 40.7. The average Bonchev–Trinajstić information content (AvgIpc) is 1.69. The minimum Gasteiger partial charge on any atom is -0.492 e. The fraction of sp³-hybridized carbons (Fsp3) is 0.590. The van der Waals surface area contributed by atoms with Crippen molar-refractivity contribution < 1.29 is 30.0 Å². The van der Waals surface area contributed by atoms with E-state index in [1.165, 1.54) is 130 Å². The lowest BCUT2D eigenvalue weighted by atomic mass is 9.72. The number of hydrogen-bond acceptors (Lipinski definition) is 9. The molecule has 554 valence electrons. The smallest absolute Gasteiger partial charge is 0.239 e. The van der Waals surface area contributed by atoms with Crippen LogP contribution in [0.1, 0.15) is 263 Å². The van der Waals surface area contributed by atoms with E-state index in [2.05, 4.69) is 184 Å². The van der Waals surface area contributed by atoms with E-state index in [4.69, 9.17) is 20.2 Å². The van der Waals surface area contributed by atoms with E-state index < -0.39 is 30.1 Å². The van der Waals surface area contributed by atoms with Crippen molar-refractivity contribution in [2.45, 2.75) is 301 Å². The Morgan fingerprint density at radius 3 is 1.17 bits per heavy atom. The van der Waals surface area contributed by atoms with Crippen molar-refractivity contribution in [2.24, 2.45) is 33.2 Å². The molecule has 3 aromatic heterocycles. The molecule has 0 amide bonds. The van der Waals surface area contributed by atoms with Gasteiger partial charge in [0.1, 0.15) is 20.4 Å². The fourth-order valence-corrected chi connectivity index (χ4v) is 19.8. The molecule has 18 heteroatoms. The van der Waals surface area contributed by atoms with Gasteiger partial charge >= 0.3 is 0 Å². The number of fused-ring (bicyclic) bond motifs is 3. The summed E-state index contributed by atoms with van der Waals surface area (Å²) in [5.74, 6) is 2.68. The van der Waals surface area contributed by atoms with Crippen LogP contribution in [0.3, 0.4) is 0 Å². The molecule has 3 fully saturated rings. The summed E-state index contributed by atoms with van der Waals surface area (Å²) in [5, 5.41) is 20.5. The van der Waals surface area contributed by atoms with E-state index in [0.717, 1.165) is 112 Å². The molecule has 6 aromatic rings. The molecule has 0 atom stereocenters. The third-order valence-corrected chi connectivity index (χ3v) is 26.3. The molecule has 6 aliphatic rings. The van der Waals surface area contributed by atoms with Gasteiger partial charge < -0.3 is 28.7 Å². The van der Waals surface area contributed by atoms with Crippen LogP contribution in [0, 0.1) is 38.5 Å². The molecule has 0 radical (unpaired) electrons. The summed E-state index contributed by atoms with van der Waals surface area (Å²) in [5.41, 5.74) is 19.6. The van der Waals surface area contributed by atoms with Gasteiger partial charge in [-0.05, 0) is 211 Å². The quantitative estimate of drug-likeness (QED) is 0.0914. The summed E-state index contributed by atoms with van der Waals surface area (Å²) in [4.78, 5) is 2.95. The van der Waals surface area contributed by atoms with Crippen molar-refractivity contribution >= 4 is 41.4 Å². The highest BCUT2D eigenvalue weighted by atomic mass is 32.2. The predicted molar refractivity (Wildman–Crippen MR) is 418 cm³/mol. The highest BCUT2D eigenvalue weighted by molar-refractivity contribution is 7.89. The van der Waals surface area contributed by atoms with E-state index in [1.807, 2.05) is 20.8 Å². The van der Waals surface area contributed by atoms with E-state index in [1.54, 1.807) is 18.2 Å². The second-order valence-electron chi connectivity index (χ2n) is 36.1. The molecule has 0 bridgehead atoms. The summed E-state index contributed by atoms with van der Waals surface area (Å²) in [6.07, 6.45) is 20.3. The van der Waals surface area contributed by atoms with Crippen LogP contribution in [0.2, 0.25) is 0 Å². The molecule has 3 aromatic carbocycles. The van der Waals surface area contributed by atoms with Crippen molar-refractivity contribution in [1.29, 1.82) is 0 Å². The van der Waals surface area contributed by atoms with Crippen LogP contribution in [0.5, 0.6) is 5.75 Å². The van der Waals surface area contributed by atoms with Gasteiger partial charge in [-0.15, -0.1) is 0 Å². The molecule has 0 saturated heterocycles. The van der Waals surface area contributed by atoms with E-state index in [9.17, 15) is 25.3 Å². The maximum absolute atomic E-state index is 12.5. The van der Waals surface area contributed by atoms with Crippen LogP contribution >= 0.6 is 0 Å². The van der Waals surface area contributed by atoms with Gasteiger partial charge in [0.05, 0.1) is 6.61 Å². The van der Waals surface area contributed by atoms with Gasteiger partial charge in [-0.25, -0.2) is 40.7 Å². The topological polar surface area (TPSA) is 220 Å². The van der Waals surface area contributed by atoms with Crippen LogP contribution in [-0.2, 0) is 82.2 Å². The molecule has 12 rings (SSSR count). The zero-order valence-electron chi connectivity index (χ0n) is 64.8. The van der Waals surface area contributed by atoms with Crippen LogP contribution in [0.4, 0.5) is 11.4 Å². The molecule has 101 heavy (non-hydrogen) atoms. The number of primary sulfonamides is 3. The van der Waals surface area contributed by atoms with Gasteiger partial charge in [-0.2, -0.15) is 0 Å². The molecule has 0 unspecified atom stereocenters. The number of ether oxygens (including phenoxy) is 1. The summed E-state index contributed by atoms with van der Waals surface area (Å²) >= 11 is 0. The third kappa shape index (κ3) is 16.5. The summed E-state index contributed by atoms with van der Waals surface area (Å²) in [7, 11) is -9.33. The third-order valence-electron chi connectivity index (χ3n) is 23.2. The first-order valence-electron chi connectivity index (χ1n) is 37.3. The number of nitrogens with one attached hydrogen (secondary N) is 1. The monoisotopic (exact) mass is 1440 g/mol. The van der Waals surface area contributed by atoms with Gasteiger partial charge in [-0.1, -0.05) is 175 Å². The zero-order valence-corrected chi connectivity index (χ0v) is 67.2. The van der Waals surface area contributed by atoms with Crippen molar-refractivity contribution in [3.63, 3.8) is 0 Å². The summed E-state index contributed by atoms with van der Waals surface area (Å²) in [6.45, 7) is 50.9. The summed E-state index contributed by atoms with van der Waals surface area (Å²) in [6, 6.07) is 18.8. The average molecular weight is 1440 g/mol. The molecular formula is C83H122N8O7S3. The molecule has 3 aliphatic heterocycles. The van der Waals surface area contributed by atoms with Crippen molar-refractivity contribution in [1.82, 2.24) is 13.7 Å². The van der Waals surface area contributed by atoms with Gasteiger partial charge in [0.2, 0.25) is 30.1 Å². The maximum Gasteiger partial charge on any atom is 0.239 e. The Morgan fingerprint density at radius 1 is 0.465 bits per heavy atom. The number of hydrogen-bond donors (Lipinski definition) is 4. The van der Waals surface area contributed by atoms with Crippen molar-refractivity contribution in [3.05, 3.63) is 130 Å². The van der Waals surface area contributed by atoms with Gasteiger partial charge in [0.25, 0.3) is 0 Å². The van der Waals surface area contributed by atoms with Gasteiger partial charge in [-0.3, -0.25) is 0 Å². The number of nitrogens with zero attached hydrogens (tertiary/aromatic N) is 4. The van der Waals surface area contributed by atoms with E-state index in [0.29, 0.717) is 24.4 Å². The molecular weight excluding hydrogens is 1320 g/mol. The first-order chi connectivity index (χ1) is 46.6. The molecule has 3 aliphatic carbocycles.